The van der Waals surface area contributed by atoms with Crippen LogP contribution in [-0.4, -0.2) is 57.7 Å². The molecule has 0 N–H and O–H groups in total. The second kappa shape index (κ2) is 6.90. The fourth-order valence-corrected chi connectivity index (χ4v) is 3.86. The first-order valence-electron chi connectivity index (χ1n) is 9.18. The van der Waals surface area contributed by atoms with Crippen molar-refractivity contribution < 1.29 is 22.8 Å². The molecule has 0 saturated carbocycles. The molecule has 2 aliphatic rings. The number of rotatable bonds is 4. The van der Waals surface area contributed by atoms with Crippen molar-refractivity contribution in [1.29, 1.82) is 0 Å². The quantitative estimate of drug-likeness (QED) is 0.569. The lowest BCUT2D eigenvalue weighted by Gasteiger charge is -2.39. The van der Waals surface area contributed by atoms with Gasteiger partial charge in [-0.05, 0) is 36.1 Å². The third-order valence-corrected chi connectivity index (χ3v) is 5.25. The number of imidazole rings is 1. The van der Waals surface area contributed by atoms with Gasteiger partial charge in [-0.2, -0.15) is 13.2 Å². The average molecular weight is 411 g/mol. The van der Waals surface area contributed by atoms with Crippen LogP contribution in [0.1, 0.15) is 12.5 Å². The Labute approximate surface area is 164 Å². The van der Waals surface area contributed by atoms with E-state index >= 15 is 0 Å². The molecular formula is C18H20F3N5O3. The van der Waals surface area contributed by atoms with E-state index in [4.69, 9.17) is 4.74 Å². The van der Waals surface area contributed by atoms with Gasteiger partial charge in [0.1, 0.15) is 11.8 Å². The number of aromatic nitrogens is 2. The minimum atomic E-state index is -4.33. The van der Waals surface area contributed by atoms with Crippen molar-refractivity contribution >= 4 is 11.5 Å². The zero-order valence-corrected chi connectivity index (χ0v) is 15.7. The van der Waals surface area contributed by atoms with Crippen molar-refractivity contribution in [2.45, 2.75) is 25.2 Å². The molecule has 11 heteroatoms. The fourth-order valence-electron chi connectivity index (χ4n) is 3.86. The Kier molecular flexibility index (Phi) is 4.64. The molecule has 2 aromatic rings. The zero-order chi connectivity index (χ0) is 20.8. The fraction of sp³-hybridized carbons (Fsp3) is 0.500. The predicted octanol–water partition coefficient (Wildman–Crippen LogP) is 2.78. The molecule has 1 aromatic heterocycles. The number of anilines is 1. The second-order valence-electron chi connectivity index (χ2n) is 7.63. The smallest absolute Gasteiger partial charge is 0.416 e. The molecule has 0 amide bonds. The summed E-state index contributed by atoms with van der Waals surface area (Å²) in [4.78, 5) is 18.4. The van der Waals surface area contributed by atoms with Crippen LogP contribution in [-0.2, 0) is 12.7 Å². The summed E-state index contributed by atoms with van der Waals surface area (Å²) in [5, 5.41) is 10.8. The second-order valence-corrected chi connectivity index (χ2v) is 7.63. The SMILES string of the molecule is C[C@]1(CN2CCN(c3ccc(C(F)(F)F)cc3)CC2)Cn2cc([N+](=O)[O-])nc2O1. The van der Waals surface area contributed by atoms with Crippen LogP contribution in [0.25, 0.3) is 0 Å². The molecule has 8 nitrogen and oxygen atoms in total. The standard InChI is InChI=1S/C18H20F3N5O3/c1-17(12-25-10-15(26(27)28)22-16(25)29-17)11-23-6-8-24(9-7-23)14-4-2-13(3-5-14)18(19,20)21/h2-5,10H,6-9,11-12H2,1H3/t17-/m0/s1. The topological polar surface area (TPSA) is 76.7 Å². The van der Waals surface area contributed by atoms with E-state index in [1.165, 1.54) is 18.3 Å². The molecule has 0 radical (unpaired) electrons. The highest BCUT2D eigenvalue weighted by Gasteiger charge is 2.41. The summed E-state index contributed by atoms with van der Waals surface area (Å²) in [7, 11) is 0. The number of benzene rings is 1. The first-order valence-corrected chi connectivity index (χ1v) is 9.18. The van der Waals surface area contributed by atoms with Crippen LogP contribution < -0.4 is 9.64 Å². The van der Waals surface area contributed by atoms with Gasteiger partial charge in [0.2, 0.25) is 0 Å². The number of halogens is 3. The lowest BCUT2D eigenvalue weighted by Crippen LogP contribution is -2.52. The van der Waals surface area contributed by atoms with Gasteiger partial charge >= 0.3 is 18.0 Å². The number of ether oxygens (including phenoxy) is 1. The highest BCUT2D eigenvalue weighted by Crippen LogP contribution is 2.33. The van der Waals surface area contributed by atoms with E-state index in [1.54, 1.807) is 4.57 Å². The van der Waals surface area contributed by atoms with Gasteiger partial charge in [0, 0.05) is 43.4 Å². The van der Waals surface area contributed by atoms with Gasteiger partial charge in [-0.15, -0.1) is 0 Å². The number of hydrogen-bond acceptors (Lipinski definition) is 6. The molecule has 1 atom stereocenters. The molecule has 3 heterocycles. The van der Waals surface area contributed by atoms with E-state index in [0.29, 0.717) is 26.2 Å². The summed E-state index contributed by atoms with van der Waals surface area (Å²) in [6.45, 7) is 5.91. The van der Waals surface area contributed by atoms with Gasteiger partial charge < -0.3 is 19.8 Å². The third kappa shape index (κ3) is 4.00. The maximum Gasteiger partial charge on any atom is 0.416 e. The first kappa shape index (κ1) is 19.5. The van der Waals surface area contributed by atoms with E-state index in [1.807, 2.05) is 6.92 Å². The summed E-state index contributed by atoms with van der Waals surface area (Å²) < 4.78 is 45.6. The highest BCUT2D eigenvalue weighted by atomic mass is 19.4. The molecule has 1 aromatic carbocycles. The third-order valence-electron chi connectivity index (χ3n) is 5.25. The largest absolute Gasteiger partial charge is 0.436 e. The number of nitro groups is 1. The van der Waals surface area contributed by atoms with E-state index in [2.05, 4.69) is 14.8 Å². The summed E-state index contributed by atoms with van der Waals surface area (Å²) in [5.41, 5.74) is -0.411. The molecule has 2 aliphatic heterocycles. The van der Waals surface area contributed by atoms with Gasteiger partial charge in [0.05, 0.1) is 12.1 Å². The summed E-state index contributed by atoms with van der Waals surface area (Å²) >= 11 is 0. The molecule has 0 spiro atoms. The number of nitrogens with zero attached hydrogens (tertiary/aromatic N) is 5. The highest BCUT2D eigenvalue weighted by molar-refractivity contribution is 5.48. The van der Waals surface area contributed by atoms with Gasteiger partial charge in [-0.1, -0.05) is 0 Å². The van der Waals surface area contributed by atoms with Crippen LogP contribution in [0.5, 0.6) is 6.01 Å². The van der Waals surface area contributed by atoms with E-state index in [0.717, 1.165) is 30.9 Å². The average Bonchev–Trinajstić information content (AvgIpc) is 3.17. The van der Waals surface area contributed by atoms with Crippen molar-refractivity contribution in [2.24, 2.45) is 0 Å². The monoisotopic (exact) mass is 411 g/mol. The molecular weight excluding hydrogens is 391 g/mol. The van der Waals surface area contributed by atoms with Gasteiger partial charge in [-0.25, -0.2) is 0 Å². The molecule has 4 rings (SSSR count). The van der Waals surface area contributed by atoms with Gasteiger partial charge in [0.15, 0.2) is 0 Å². The lowest BCUT2D eigenvalue weighted by molar-refractivity contribution is -0.389. The van der Waals surface area contributed by atoms with Gasteiger partial charge in [0.25, 0.3) is 0 Å². The summed E-state index contributed by atoms with van der Waals surface area (Å²) in [5.74, 6) is -0.229. The number of piperazine rings is 1. The van der Waals surface area contributed by atoms with Crippen LogP contribution in [0.4, 0.5) is 24.7 Å². The molecule has 0 unspecified atom stereocenters. The Morgan fingerprint density at radius 2 is 1.86 bits per heavy atom. The Balaban J connectivity index is 1.32. The van der Waals surface area contributed by atoms with Crippen LogP contribution >= 0.6 is 0 Å². The van der Waals surface area contributed by atoms with Crippen LogP contribution in [0.3, 0.4) is 0 Å². The number of hydrogen-bond donors (Lipinski definition) is 0. The predicted molar refractivity (Wildman–Crippen MR) is 98.0 cm³/mol. The molecule has 0 aliphatic carbocycles. The molecule has 1 saturated heterocycles. The Hall–Kier alpha value is -2.82. The van der Waals surface area contributed by atoms with Crippen molar-refractivity contribution in [3.05, 3.63) is 46.1 Å². The molecule has 156 valence electrons. The maximum absolute atomic E-state index is 12.7. The molecule has 1 fully saturated rings. The first-order chi connectivity index (χ1) is 13.6. The number of alkyl halides is 3. The van der Waals surface area contributed by atoms with Crippen LogP contribution in [0.15, 0.2) is 30.5 Å². The minimum Gasteiger partial charge on any atom is -0.436 e. The van der Waals surface area contributed by atoms with E-state index < -0.39 is 22.3 Å². The summed E-state index contributed by atoms with van der Waals surface area (Å²) in [6, 6.07) is 5.48. The Bertz CT molecular complexity index is 881. The van der Waals surface area contributed by atoms with Crippen molar-refractivity contribution in [1.82, 2.24) is 14.5 Å². The molecule has 0 bridgehead atoms. The van der Waals surface area contributed by atoms with Crippen LogP contribution in [0.2, 0.25) is 0 Å². The maximum atomic E-state index is 12.7. The van der Waals surface area contributed by atoms with Crippen molar-refractivity contribution in [2.75, 3.05) is 37.6 Å². The lowest BCUT2D eigenvalue weighted by atomic mass is 10.1. The van der Waals surface area contributed by atoms with Crippen LogP contribution in [0, 0.1) is 10.1 Å². The van der Waals surface area contributed by atoms with E-state index in [-0.39, 0.29) is 11.8 Å². The van der Waals surface area contributed by atoms with E-state index in [9.17, 15) is 23.3 Å². The molecule has 29 heavy (non-hydrogen) atoms. The normalized spacial score (nSPS) is 22.4. The Morgan fingerprint density at radius 3 is 2.41 bits per heavy atom. The Morgan fingerprint density at radius 1 is 1.21 bits per heavy atom. The number of fused-ring (bicyclic) bond motifs is 1. The van der Waals surface area contributed by atoms with Crippen molar-refractivity contribution in [3.8, 4) is 6.01 Å². The van der Waals surface area contributed by atoms with Crippen molar-refractivity contribution in [3.63, 3.8) is 0 Å². The zero-order valence-electron chi connectivity index (χ0n) is 15.7. The minimum absolute atomic E-state index is 0.229. The summed E-state index contributed by atoms with van der Waals surface area (Å²) in [6.07, 6.45) is -2.95. The van der Waals surface area contributed by atoms with Gasteiger partial charge in [-0.3, -0.25) is 9.47 Å².